The first-order chi connectivity index (χ1) is 10.1. The van der Waals surface area contributed by atoms with Crippen LogP contribution < -0.4 is 0 Å². The topological polar surface area (TPSA) is 38.7 Å². The number of benzene rings is 2. The largest absolute Gasteiger partial charge is 0.402 e. The Morgan fingerprint density at radius 2 is 1.81 bits per heavy atom. The normalized spacial score (nSPS) is 16.0. The molecule has 0 radical (unpaired) electrons. The van der Waals surface area contributed by atoms with Gasteiger partial charge in [-0.05, 0) is 48.4 Å². The summed E-state index contributed by atoms with van der Waals surface area (Å²) in [6.45, 7) is 1.99. The summed E-state index contributed by atoms with van der Waals surface area (Å²) >= 11 is 3.37. The average molecular weight is 342 g/mol. The molecule has 0 fully saturated rings. The summed E-state index contributed by atoms with van der Waals surface area (Å²) in [6.07, 6.45) is 1.75. The lowest BCUT2D eigenvalue weighted by Gasteiger charge is -1.99. The summed E-state index contributed by atoms with van der Waals surface area (Å²) in [5.74, 6) is -0.0801. The SMILES string of the molecule is Cc1ccccc1/C=C1\N=C(c2ccc(Br)cc2)OC1=O. The second-order valence-corrected chi connectivity index (χ2v) is 5.62. The fraction of sp³-hybridized carbons (Fsp3) is 0.0588. The van der Waals surface area contributed by atoms with Crippen LogP contribution in [0, 0.1) is 6.92 Å². The molecular weight excluding hydrogens is 330 g/mol. The first-order valence-corrected chi connectivity index (χ1v) is 7.27. The third kappa shape index (κ3) is 2.95. The fourth-order valence-electron chi connectivity index (χ4n) is 2.02. The van der Waals surface area contributed by atoms with Crippen LogP contribution in [0.1, 0.15) is 16.7 Å². The number of hydrogen-bond donors (Lipinski definition) is 0. The standard InChI is InChI=1S/C17H12BrNO2/c1-11-4-2-3-5-13(11)10-15-17(20)21-16(19-15)12-6-8-14(18)9-7-12/h2-10H,1H3/b15-10-. The predicted molar refractivity (Wildman–Crippen MR) is 85.9 cm³/mol. The van der Waals surface area contributed by atoms with Crippen molar-refractivity contribution in [1.29, 1.82) is 0 Å². The molecule has 0 aromatic heterocycles. The summed E-state index contributed by atoms with van der Waals surface area (Å²) in [5, 5.41) is 0. The van der Waals surface area contributed by atoms with Gasteiger partial charge in [-0.15, -0.1) is 0 Å². The van der Waals surface area contributed by atoms with Crippen LogP contribution in [0.3, 0.4) is 0 Å². The number of aryl methyl sites for hydroxylation is 1. The third-order valence-electron chi connectivity index (χ3n) is 3.19. The highest BCUT2D eigenvalue weighted by Gasteiger charge is 2.24. The highest BCUT2D eigenvalue weighted by Crippen LogP contribution is 2.21. The highest BCUT2D eigenvalue weighted by atomic mass is 79.9. The molecule has 0 aliphatic carbocycles. The van der Waals surface area contributed by atoms with Gasteiger partial charge in [0, 0.05) is 10.0 Å². The van der Waals surface area contributed by atoms with Gasteiger partial charge in [-0.3, -0.25) is 0 Å². The van der Waals surface area contributed by atoms with Crippen LogP contribution in [0.4, 0.5) is 0 Å². The molecule has 4 heteroatoms. The Hall–Kier alpha value is -2.20. The molecule has 0 amide bonds. The molecule has 1 aliphatic rings. The van der Waals surface area contributed by atoms with E-state index in [9.17, 15) is 4.79 Å². The van der Waals surface area contributed by atoms with E-state index in [-0.39, 0.29) is 0 Å². The van der Waals surface area contributed by atoms with Crippen LogP contribution in [-0.2, 0) is 9.53 Å². The molecule has 21 heavy (non-hydrogen) atoms. The summed E-state index contributed by atoms with van der Waals surface area (Å²) in [6, 6.07) is 15.3. The zero-order valence-corrected chi connectivity index (χ0v) is 12.9. The molecule has 1 aliphatic heterocycles. The van der Waals surface area contributed by atoms with E-state index in [1.54, 1.807) is 6.08 Å². The van der Waals surface area contributed by atoms with Crippen molar-refractivity contribution in [3.8, 4) is 0 Å². The number of hydrogen-bond acceptors (Lipinski definition) is 3. The highest BCUT2D eigenvalue weighted by molar-refractivity contribution is 9.10. The maximum atomic E-state index is 11.9. The lowest BCUT2D eigenvalue weighted by Crippen LogP contribution is -2.05. The van der Waals surface area contributed by atoms with Gasteiger partial charge in [0.2, 0.25) is 5.90 Å². The van der Waals surface area contributed by atoms with Crippen molar-refractivity contribution in [3.63, 3.8) is 0 Å². The number of rotatable bonds is 2. The summed E-state index contributed by atoms with van der Waals surface area (Å²) in [5.41, 5.74) is 3.15. The molecule has 2 aromatic carbocycles. The van der Waals surface area contributed by atoms with Crippen LogP contribution in [0.5, 0.6) is 0 Å². The van der Waals surface area contributed by atoms with Crippen molar-refractivity contribution >= 4 is 33.9 Å². The van der Waals surface area contributed by atoms with Crippen molar-refractivity contribution < 1.29 is 9.53 Å². The number of nitrogens with zero attached hydrogens (tertiary/aromatic N) is 1. The van der Waals surface area contributed by atoms with Gasteiger partial charge < -0.3 is 4.74 Å². The van der Waals surface area contributed by atoms with Crippen molar-refractivity contribution in [2.75, 3.05) is 0 Å². The average Bonchev–Trinajstić information content (AvgIpc) is 2.83. The second kappa shape index (κ2) is 5.66. The predicted octanol–water partition coefficient (Wildman–Crippen LogP) is 4.10. The molecule has 3 rings (SSSR count). The van der Waals surface area contributed by atoms with Gasteiger partial charge in [0.1, 0.15) is 0 Å². The monoisotopic (exact) mass is 341 g/mol. The maximum absolute atomic E-state index is 11.9. The van der Waals surface area contributed by atoms with Gasteiger partial charge in [0.25, 0.3) is 0 Å². The van der Waals surface area contributed by atoms with Gasteiger partial charge in [-0.1, -0.05) is 40.2 Å². The molecule has 0 N–H and O–H groups in total. The molecular formula is C17H12BrNO2. The Kier molecular flexibility index (Phi) is 3.71. The maximum Gasteiger partial charge on any atom is 0.363 e. The molecule has 0 saturated heterocycles. The number of ether oxygens (including phenoxy) is 1. The number of carbonyl (C=O) groups is 1. The molecule has 3 nitrogen and oxygen atoms in total. The van der Waals surface area contributed by atoms with E-state index in [1.165, 1.54) is 0 Å². The van der Waals surface area contributed by atoms with E-state index in [1.807, 2.05) is 55.5 Å². The number of aliphatic imine (C=N–C) groups is 1. The van der Waals surface area contributed by atoms with Crippen molar-refractivity contribution in [3.05, 3.63) is 75.4 Å². The van der Waals surface area contributed by atoms with E-state index in [0.717, 1.165) is 21.2 Å². The van der Waals surface area contributed by atoms with Gasteiger partial charge in [0.15, 0.2) is 5.70 Å². The molecule has 0 bridgehead atoms. The second-order valence-electron chi connectivity index (χ2n) is 4.70. The van der Waals surface area contributed by atoms with Gasteiger partial charge in [-0.2, -0.15) is 0 Å². The van der Waals surface area contributed by atoms with Crippen molar-refractivity contribution in [2.24, 2.45) is 4.99 Å². The van der Waals surface area contributed by atoms with E-state index >= 15 is 0 Å². The van der Waals surface area contributed by atoms with Gasteiger partial charge >= 0.3 is 5.97 Å². The number of carbonyl (C=O) groups excluding carboxylic acids is 1. The Balaban J connectivity index is 1.96. The van der Waals surface area contributed by atoms with E-state index in [4.69, 9.17) is 4.74 Å². The molecule has 0 saturated carbocycles. The summed E-state index contributed by atoms with van der Waals surface area (Å²) < 4.78 is 6.20. The van der Waals surface area contributed by atoms with Crippen LogP contribution in [0.2, 0.25) is 0 Å². The zero-order valence-electron chi connectivity index (χ0n) is 11.3. The van der Waals surface area contributed by atoms with E-state index in [0.29, 0.717) is 11.6 Å². The molecule has 2 aromatic rings. The van der Waals surface area contributed by atoms with Gasteiger partial charge in [0.05, 0.1) is 0 Å². The first kappa shape index (κ1) is 13.8. The summed E-state index contributed by atoms with van der Waals surface area (Å²) in [7, 11) is 0. The van der Waals surface area contributed by atoms with Gasteiger partial charge in [-0.25, -0.2) is 9.79 Å². The van der Waals surface area contributed by atoms with Crippen LogP contribution in [-0.4, -0.2) is 11.9 Å². The lowest BCUT2D eigenvalue weighted by molar-refractivity contribution is -0.129. The summed E-state index contributed by atoms with van der Waals surface area (Å²) in [4.78, 5) is 16.2. The van der Waals surface area contributed by atoms with E-state index in [2.05, 4.69) is 20.9 Å². The number of cyclic esters (lactones) is 1. The Morgan fingerprint density at radius 3 is 2.52 bits per heavy atom. The Morgan fingerprint density at radius 1 is 1.10 bits per heavy atom. The van der Waals surface area contributed by atoms with Crippen LogP contribution in [0.15, 0.2) is 63.7 Å². The van der Waals surface area contributed by atoms with Crippen LogP contribution in [0.25, 0.3) is 6.08 Å². The molecule has 1 heterocycles. The van der Waals surface area contributed by atoms with Crippen molar-refractivity contribution in [2.45, 2.75) is 6.92 Å². The zero-order chi connectivity index (χ0) is 14.8. The fourth-order valence-corrected chi connectivity index (χ4v) is 2.29. The lowest BCUT2D eigenvalue weighted by atomic mass is 10.1. The molecule has 0 spiro atoms. The first-order valence-electron chi connectivity index (χ1n) is 6.47. The number of halogens is 1. The van der Waals surface area contributed by atoms with E-state index < -0.39 is 5.97 Å². The Labute approximate surface area is 131 Å². The minimum atomic E-state index is -0.420. The molecule has 0 unspecified atom stereocenters. The smallest absolute Gasteiger partial charge is 0.363 e. The molecule has 104 valence electrons. The molecule has 0 atom stereocenters. The quantitative estimate of drug-likeness (QED) is 0.609. The number of esters is 1. The minimum absolute atomic E-state index is 0.321. The Bertz CT molecular complexity index is 761. The minimum Gasteiger partial charge on any atom is -0.402 e. The van der Waals surface area contributed by atoms with Crippen LogP contribution >= 0.6 is 15.9 Å². The third-order valence-corrected chi connectivity index (χ3v) is 3.72. The van der Waals surface area contributed by atoms with Crippen molar-refractivity contribution in [1.82, 2.24) is 0 Å².